The zero-order valence-corrected chi connectivity index (χ0v) is 17.6. The van der Waals surface area contributed by atoms with E-state index in [4.69, 9.17) is 0 Å². The van der Waals surface area contributed by atoms with Crippen molar-refractivity contribution in [1.82, 2.24) is 19.7 Å². The lowest BCUT2D eigenvalue weighted by Gasteiger charge is -2.34. The van der Waals surface area contributed by atoms with E-state index in [1.807, 2.05) is 12.4 Å². The van der Waals surface area contributed by atoms with E-state index >= 15 is 0 Å². The predicted molar refractivity (Wildman–Crippen MR) is 111 cm³/mol. The Hall–Kier alpha value is -2.22. The van der Waals surface area contributed by atoms with Gasteiger partial charge in [0.05, 0.1) is 11.3 Å². The fraction of sp³-hybridized carbons (Fsp3) is 0.619. The summed E-state index contributed by atoms with van der Waals surface area (Å²) in [7, 11) is 1.84. The van der Waals surface area contributed by atoms with Crippen LogP contribution in [0.2, 0.25) is 0 Å². The summed E-state index contributed by atoms with van der Waals surface area (Å²) in [6.45, 7) is 1.67. The number of piperidine rings is 1. The van der Waals surface area contributed by atoms with Gasteiger partial charge in [0.1, 0.15) is 0 Å². The molecule has 2 amide bonds. The van der Waals surface area contributed by atoms with Crippen LogP contribution in [0.5, 0.6) is 0 Å². The van der Waals surface area contributed by atoms with Gasteiger partial charge in [-0.3, -0.25) is 19.6 Å². The molecular weight excluding hydrogens is 386 g/mol. The van der Waals surface area contributed by atoms with Crippen molar-refractivity contribution in [2.45, 2.75) is 44.9 Å². The summed E-state index contributed by atoms with van der Waals surface area (Å²) in [5.74, 6) is 1.00. The number of carbonyl (C=O) groups is 2. The van der Waals surface area contributed by atoms with Gasteiger partial charge in [-0.25, -0.2) is 4.98 Å². The molecule has 1 atom stereocenters. The van der Waals surface area contributed by atoms with Crippen LogP contribution in [-0.2, 0) is 18.3 Å². The Labute approximate surface area is 174 Å². The Morgan fingerprint density at radius 3 is 2.72 bits per heavy atom. The van der Waals surface area contributed by atoms with E-state index < -0.39 is 0 Å². The first-order valence-corrected chi connectivity index (χ1v) is 11.4. The number of aromatic nitrogens is 3. The predicted octanol–water partition coefficient (Wildman–Crippen LogP) is 3.10. The van der Waals surface area contributed by atoms with Crippen molar-refractivity contribution < 1.29 is 9.59 Å². The maximum Gasteiger partial charge on any atom is 0.260 e. The Balaban J connectivity index is 1.17. The van der Waals surface area contributed by atoms with Gasteiger partial charge in [0.25, 0.3) is 5.91 Å². The van der Waals surface area contributed by atoms with E-state index in [1.54, 1.807) is 17.1 Å². The standard InChI is InChI=1S/C21H27N5O2S/c1-25-13-15(18(27)23-20-22-7-10-29-20)17(24-25)11-14-3-8-26(9-4-14)19(28)16-12-21(16)5-2-6-21/h7,10,13-14,16H,2-6,8-9,11-12H2,1H3,(H,22,23,27)/t16-/m1/s1. The van der Waals surface area contributed by atoms with Gasteiger partial charge in [0.2, 0.25) is 5.91 Å². The van der Waals surface area contributed by atoms with Crippen molar-refractivity contribution in [2.24, 2.45) is 24.3 Å². The number of rotatable bonds is 5. The highest BCUT2D eigenvalue weighted by Crippen LogP contribution is 2.66. The first-order valence-electron chi connectivity index (χ1n) is 10.6. The van der Waals surface area contributed by atoms with Gasteiger partial charge in [-0.15, -0.1) is 11.3 Å². The molecule has 8 heteroatoms. The maximum atomic E-state index is 12.8. The molecule has 0 radical (unpaired) electrons. The molecule has 2 aromatic rings. The number of anilines is 1. The fourth-order valence-electron chi connectivity index (χ4n) is 5.06. The van der Waals surface area contributed by atoms with E-state index in [2.05, 4.69) is 20.3 Å². The van der Waals surface area contributed by atoms with Crippen LogP contribution >= 0.6 is 11.3 Å². The zero-order valence-electron chi connectivity index (χ0n) is 16.8. The summed E-state index contributed by atoms with van der Waals surface area (Å²) in [5, 5.41) is 9.83. The van der Waals surface area contributed by atoms with Crippen LogP contribution in [0.25, 0.3) is 0 Å². The Kier molecular flexibility index (Phi) is 4.69. The minimum atomic E-state index is -0.157. The Morgan fingerprint density at radius 2 is 2.10 bits per heavy atom. The topological polar surface area (TPSA) is 80.1 Å². The van der Waals surface area contributed by atoms with Crippen molar-refractivity contribution >= 4 is 28.3 Å². The molecule has 0 aromatic carbocycles. The molecule has 1 spiro atoms. The van der Waals surface area contributed by atoms with Crippen LogP contribution < -0.4 is 5.32 Å². The summed E-state index contributed by atoms with van der Waals surface area (Å²) >= 11 is 1.40. The third kappa shape index (κ3) is 3.58. The minimum Gasteiger partial charge on any atom is -0.342 e. The summed E-state index contributed by atoms with van der Waals surface area (Å²) in [6.07, 6.45) is 11.1. The SMILES string of the molecule is Cn1cc(C(=O)Nc2nccs2)c(CC2CCN(C(=O)[C@H]3CC34CCC4)CC2)n1. The van der Waals surface area contributed by atoms with E-state index in [0.29, 0.717) is 33.9 Å². The number of amides is 2. The fourth-order valence-corrected chi connectivity index (χ4v) is 5.58. The number of aryl methyl sites for hydroxylation is 1. The molecule has 3 aliphatic rings. The van der Waals surface area contributed by atoms with E-state index in [9.17, 15) is 9.59 Å². The lowest BCUT2D eigenvalue weighted by atomic mass is 9.79. The van der Waals surface area contributed by atoms with Crippen LogP contribution in [0.15, 0.2) is 17.8 Å². The van der Waals surface area contributed by atoms with Gasteiger partial charge in [-0.05, 0) is 49.9 Å². The molecule has 3 heterocycles. The summed E-state index contributed by atoms with van der Waals surface area (Å²) in [6, 6.07) is 0. The number of nitrogens with zero attached hydrogens (tertiary/aromatic N) is 4. The monoisotopic (exact) mass is 413 g/mol. The third-order valence-corrected chi connectivity index (χ3v) is 7.74. The summed E-state index contributed by atoms with van der Waals surface area (Å²) < 4.78 is 1.70. The van der Waals surface area contributed by atoms with Crippen LogP contribution in [0.4, 0.5) is 5.13 Å². The maximum absolute atomic E-state index is 12.8. The summed E-state index contributed by atoms with van der Waals surface area (Å²) in [4.78, 5) is 31.6. The Bertz CT molecular complexity index is 910. The average molecular weight is 414 g/mol. The molecule has 154 valence electrons. The zero-order chi connectivity index (χ0) is 20.0. The molecule has 0 unspecified atom stereocenters. The van der Waals surface area contributed by atoms with Crippen molar-refractivity contribution in [2.75, 3.05) is 18.4 Å². The number of nitrogens with one attached hydrogen (secondary N) is 1. The quantitative estimate of drug-likeness (QED) is 0.817. The second-order valence-electron chi connectivity index (χ2n) is 8.90. The molecular formula is C21H27N5O2S. The molecule has 7 nitrogen and oxygen atoms in total. The van der Waals surface area contributed by atoms with Crippen molar-refractivity contribution in [1.29, 1.82) is 0 Å². The molecule has 1 saturated heterocycles. The lowest BCUT2D eigenvalue weighted by Crippen LogP contribution is -2.41. The van der Waals surface area contributed by atoms with E-state index in [-0.39, 0.29) is 5.91 Å². The Morgan fingerprint density at radius 1 is 1.31 bits per heavy atom. The number of hydrogen-bond acceptors (Lipinski definition) is 5. The van der Waals surface area contributed by atoms with Crippen molar-refractivity contribution in [3.05, 3.63) is 29.0 Å². The molecule has 1 N–H and O–H groups in total. The molecule has 2 saturated carbocycles. The number of thiazole rings is 1. The minimum absolute atomic E-state index is 0.157. The first-order chi connectivity index (χ1) is 14.0. The van der Waals surface area contributed by atoms with Crippen LogP contribution in [0, 0.1) is 17.3 Å². The smallest absolute Gasteiger partial charge is 0.260 e. The van der Waals surface area contributed by atoms with Crippen LogP contribution in [0.1, 0.15) is 54.6 Å². The van der Waals surface area contributed by atoms with Gasteiger partial charge < -0.3 is 4.90 Å². The highest BCUT2D eigenvalue weighted by Gasteiger charge is 2.61. The average Bonchev–Trinajstić information content (AvgIpc) is 3.07. The molecule has 5 rings (SSSR count). The largest absolute Gasteiger partial charge is 0.342 e. The lowest BCUT2D eigenvalue weighted by molar-refractivity contribution is -0.135. The second-order valence-corrected chi connectivity index (χ2v) is 9.79. The number of likely N-dealkylation sites (tertiary alicyclic amines) is 1. The number of hydrogen-bond donors (Lipinski definition) is 1. The third-order valence-electron chi connectivity index (χ3n) is 7.05. The molecule has 0 bridgehead atoms. The second kappa shape index (κ2) is 7.23. The highest BCUT2D eigenvalue weighted by atomic mass is 32.1. The van der Waals surface area contributed by atoms with E-state index in [0.717, 1.165) is 44.5 Å². The molecule has 3 fully saturated rings. The van der Waals surface area contributed by atoms with Crippen molar-refractivity contribution in [3.63, 3.8) is 0 Å². The van der Waals surface area contributed by atoms with Gasteiger partial charge in [0, 0.05) is 43.8 Å². The summed E-state index contributed by atoms with van der Waals surface area (Å²) in [5.41, 5.74) is 1.86. The van der Waals surface area contributed by atoms with Gasteiger partial charge in [-0.2, -0.15) is 5.10 Å². The van der Waals surface area contributed by atoms with E-state index in [1.165, 1.54) is 30.6 Å². The van der Waals surface area contributed by atoms with Crippen LogP contribution in [0.3, 0.4) is 0 Å². The van der Waals surface area contributed by atoms with Crippen LogP contribution in [-0.4, -0.2) is 44.6 Å². The van der Waals surface area contributed by atoms with Gasteiger partial charge in [-0.1, -0.05) is 6.42 Å². The normalized spacial score (nSPS) is 23.1. The molecule has 1 aliphatic heterocycles. The molecule has 29 heavy (non-hydrogen) atoms. The van der Waals surface area contributed by atoms with Gasteiger partial charge in [0.15, 0.2) is 5.13 Å². The highest BCUT2D eigenvalue weighted by molar-refractivity contribution is 7.13. The first kappa shape index (κ1) is 18.8. The van der Waals surface area contributed by atoms with Crippen molar-refractivity contribution in [3.8, 4) is 0 Å². The number of carbonyl (C=O) groups excluding carboxylic acids is 2. The molecule has 2 aliphatic carbocycles. The molecule has 2 aromatic heterocycles. The van der Waals surface area contributed by atoms with Gasteiger partial charge >= 0.3 is 0 Å².